The maximum absolute atomic E-state index is 4.30. The molecule has 0 bridgehead atoms. The highest BCUT2D eigenvalue weighted by molar-refractivity contribution is 7.79. The second kappa shape index (κ2) is 2.87. The molecule has 0 saturated heterocycles. The van der Waals surface area contributed by atoms with Crippen molar-refractivity contribution in [2.45, 2.75) is 5.75 Å². The van der Waals surface area contributed by atoms with E-state index in [-0.39, 0.29) is 0 Å². The minimum Gasteiger partial charge on any atom is -0.350 e. The van der Waals surface area contributed by atoms with Gasteiger partial charge in [0.05, 0.1) is 5.52 Å². The van der Waals surface area contributed by atoms with E-state index >= 15 is 0 Å². The summed E-state index contributed by atoms with van der Waals surface area (Å²) < 4.78 is 2.14. The maximum atomic E-state index is 4.30. The molecule has 12 heavy (non-hydrogen) atoms. The first-order chi connectivity index (χ1) is 5.83. The van der Waals surface area contributed by atoms with Crippen molar-refractivity contribution >= 4 is 23.5 Å². The maximum Gasteiger partial charge on any atom is 0.0518 e. The van der Waals surface area contributed by atoms with E-state index in [1.54, 1.807) is 0 Å². The van der Waals surface area contributed by atoms with E-state index < -0.39 is 0 Å². The van der Waals surface area contributed by atoms with E-state index in [9.17, 15) is 0 Å². The van der Waals surface area contributed by atoms with Crippen molar-refractivity contribution < 1.29 is 0 Å². The lowest BCUT2D eigenvalue weighted by Crippen LogP contribution is -1.88. The summed E-state index contributed by atoms with van der Waals surface area (Å²) in [6.45, 7) is 0. The fourth-order valence-electron chi connectivity index (χ4n) is 1.57. The van der Waals surface area contributed by atoms with E-state index in [4.69, 9.17) is 0 Å². The van der Waals surface area contributed by atoms with E-state index in [1.165, 1.54) is 16.5 Å². The Balaban J connectivity index is 2.84. The lowest BCUT2D eigenvalue weighted by molar-refractivity contribution is 0.963. The summed E-state index contributed by atoms with van der Waals surface area (Å²) >= 11 is 4.30. The molecule has 1 heterocycles. The molecule has 0 aliphatic rings. The van der Waals surface area contributed by atoms with Crippen LogP contribution in [0.1, 0.15) is 5.56 Å². The van der Waals surface area contributed by atoms with Crippen LogP contribution in [-0.4, -0.2) is 4.57 Å². The number of fused-ring (bicyclic) bond motifs is 1. The molecule has 2 rings (SSSR count). The summed E-state index contributed by atoms with van der Waals surface area (Å²) in [6, 6.07) is 8.45. The lowest BCUT2D eigenvalue weighted by Gasteiger charge is -2.01. The number of aryl methyl sites for hydroxylation is 1. The van der Waals surface area contributed by atoms with Crippen molar-refractivity contribution in [3.63, 3.8) is 0 Å². The number of rotatable bonds is 1. The van der Waals surface area contributed by atoms with Gasteiger partial charge in [0.25, 0.3) is 0 Å². The van der Waals surface area contributed by atoms with E-state index in [1.807, 2.05) is 0 Å². The van der Waals surface area contributed by atoms with Gasteiger partial charge in [0.2, 0.25) is 0 Å². The summed E-state index contributed by atoms with van der Waals surface area (Å²) in [5.74, 6) is 0.801. The highest BCUT2D eigenvalue weighted by Gasteiger charge is 2.01. The van der Waals surface area contributed by atoms with Gasteiger partial charge in [-0.1, -0.05) is 18.2 Å². The molecule has 0 amide bonds. The Hall–Kier alpha value is -0.890. The summed E-state index contributed by atoms with van der Waals surface area (Å²) in [7, 11) is 2.06. The predicted octanol–water partition coefficient (Wildman–Crippen LogP) is 2.61. The molecule has 2 aromatic rings. The molecule has 0 N–H and O–H groups in total. The summed E-state index contributed by atoms with van der Waals surface area (Å²) in [4.78, 5) is 0. The Kier molecular flexibility index (Phi) is 1.85. The van der Waals surface area contributed by atoms with Crippen molar-refractivity contribution in [2.24, 2.45) is 7.05 Å². The first-order valence-electron chi connectivity index (χ1n) is 3.96. The number of thiol groups is 1. The average molecular weight is 177 g/mol. The van der Waals surface area contributed by atoms with E-state index in [2.05, 4.69) is 54.7 Å². The molecule has 0 spiro atoms. The molecule has 1 nitrogen and oxygen atoms in total. The van der Waals surface area contributed by atoms with Crippen LogP contribution in [0.2, 0.25) is 0 Å². The minimum absolute atomic E-state index is 0.801. The number of para-hydroxylation sites is 1. The van der Waals surface area contributed by atoms with Crippen LogP contribution in [0, 0.1) is 0 Å². The SMILES string of the molecule is Cn1ccc2cccc(CS)c21. The average Bonchev–Trinajstić information content (AvgIpc) is 2.48. The van der Waals surface area contributed by atoms with Gasteiger partial charge in [-0.3, -0.25) is 0 Å². The summed E-state index contributed by atoms with van der Waals surface area (Å²) in [5, 5.41) is 1.30. The Labute approximate surface area is 77.4 Å². The van der Waals surface area contributed by atoms with Crippen LogP contribution < -0.4 is 0 Å². The topological polar surface area (TPSA) is 4.93 Å². The molecular weight excluding hydrogens is 166 g/mol. The number of nitrogens with zero attached hydrogens (tertiary/aromatic N) is 1. The molecule has 0 aliphatic heterocycles. The zero-order chi connectivity index (χ0) is 8.55. The van der Waals surface area contributed by atoms with Crippen LogP contribution in [0.25, 0.3) is 10.9 Å². The summed E-state index contributed by atoms with van der Waals surface area (Å²) in [5.41, 5.74) is 2.59. The minimum atomic E-state index is 0.801. The zero-order valence-electron chi connectivity index (χ0n) is 6.99. The van der Waals surface area contributed by atoms with Gasteiger partial charge in [-0.25, -0.2) is 0 Å². The van der Waals surface area contributed by atoms with Crippen LogP contribution in [0.4, 0.5) is 0 Å². The van der Waals surface area contributed by atoms with E-state index in [0.717, 1.165) is 5.75 Å². The summed E-state index contributed by atoms with van der Waals surface area (Å²) in [6.07, 6.45) is 2.08. The van der Waals surface area contributed by atoms with Gasteiger partial charge >= 0.3 is 0 Å². The number of hydrogen-bond donors (Lipinski definition) is 1. The van der Waals surface area contributed by atoms with Gasteiger partial charge in [-0.15, -0.1) is 0 Å². The largest absolute Gasteiger partial charge is 0.350 e. The van der Waals surface area contributed by atoms with Gasteiger partial charge in [0.15, 0.2) is 0 Å². The first kappa shape index (κ1) is 7.74. The molecule has 0 unspecified atom stereocenters. The Bertz CT molecular complexity index is 403. The van der Waals surface area contributed by atoms with Gasteiger partial charge < -0.3 is 4.57 Å². The predicted molar refractivity (Wildman–Crippen MR) is 55.6 cm³/mol. The third-order valence-electron chi connectivity index (χ3n) is 2.15. The third-order valence-corrected chi connectivity index (χ3v) is 2.49. The smallest absolute Gasteiger partial charge is 0.0518 e. The Morgan fingerprint density at radius 1 is 1.33 bits per heavy atom. The van der Waals surface area contributed by atoms with Crippen molar-refractivity contribution in [1.82, 2.24) is 4.57 Å². The van der Waals surface area contributed by atoms with Crippen molar-refractivity contribution in [2.75, 3.05) is 0 Å². The number of aromatic nitrogens is 1. The standard InChI is InChI=1S/C10H11NS/c1-11-6-5-8-3-2-4-9(7-12)10(8)11/h2-6,12H,7H2,1H3. The fourth-order valence-corrected chi connectivity index (χ4v) is 1.83. The third kappa shape index (κ3) is 1.03. The lowest BCUT2D eigenvalue weighted by atomic mass is 10.2. The molecule has 2 heteroatoms. The van der Waals surface area contributed by atoms with Crippen LogP contribution >= 0.6 is 12.6 Å². The monoisotopic (exact) mass is 177 g/mol. The molecule has 0 atom stereocenters. The Morgan fingerprint density at radius 3 is 2.92 bits per heavy atom. The molecular formula is C10H11NS. The highest BCUT2D eigenvalue weighted by atomic mass is 32.1. The molecule has 0 radical (unpaired) electrons. The van der Waals surface area contributed by atoms with Crippen LogP contribution in [0.15, 0.2) is 30.5 Å². The van der Waals surface area contributed by atoms with Crippen molar-refractivity contribution in [1.29, 1.82) is 0 Å². The van der Waals surface area contributed by atoms with Crippen LogP contribution in [0.3, 0.4) is 0 Å². The first-order valence-corrected chi connectivity index (χ1v) is 4.60. The molecule has 62 valence electrons. The molecule has 0 aliphatic carbocycles. The van der Waals surface area contributed by atoms with Crippen LogP contribution in [-0.2, 0) is 12.8 Å². The van der Waals surface area contributed by atoms with Gasteiger partial charge in [0.1, 0.15) is 0 Å². The molecule has 0 saturated carbocycles. The quantitative estimate of drug-likeness (QED) is 0.639. The zero-order valence-corrected chi connectivity index (χ0v) is 7.88. The highest BCUT2D eigenvalue weighted by Crippen LogP contribution is 2.20. The second-order valence-electron chi connectivity index (χ2n) is 2.94. The second-order valence-corrected chi connectivity index (χ2v) is 3.26. The molecule has 1 aromatic heterocycles. The fraction of sp³-hybridized carbons (Fsp3) is 0.200. The van der Waals surface area contributed by atoms with Crippen LogP contribution in [0.5, 0.6) is 0 Å². The van der Waals surface area contributed by atoms with Gasteiger partial charge in [0, 0.05) is 19.0 Å². The van der Waals surface area contributed by atoms with Crippen molar-refractivity contribution in [3.05, 3.63) is 36.0 Å². The van der Waals surface area contributed by atoms with E-state index in [0.29, 0.717) is 0 Å². The normalized spacial score (nSPS) is 10.8. The van der Waals surface area contributed by atoms with Gasteiger partial charge in [-0.2, -0.15) is 12.6 Å². The Morgan fingerprint density at radius 2 is 2.17 bits per heavy atom. The number of benzene rings is 1. The number of hydrogen-bond acceptors (Lipinski definition) is 1. The molecule has 0 fully saturated rings. The van der Waals surface area contributed by atoms with Crippen molar-refractivity contribution in [3.8, 4) is 0 Å². The molecule has 1 aromatic carbocycles. The van der Waals surface area contributed by atoms with Gasteiger partial charge in [-0.05, 0) is 17.0 Å².